The van der Waals surface area contributed by atoms with E-state index in [0.29, 0.717) is 6.04 Å². The maximum atomic E-state index is 4.45. The lowest BCUT2D eigenvalue weighted by Crippen LogP contribution is -2.22. The molecule has 1 N–H and O–H groups in total. The largest absolute Gasteiger partial charge is 0.310 e. The standard InChI is InChI=1S/C18H24N2/c1-4-11-19-18(13-14(3)5-2)16-8-6-10-17-15(16)9-7-12-20-17/h6-10,12,18-19H,3-5,11,13H2,1-2H3. The average Bonchev–Trinajstić information content (AvgIpc) is 2.50. The van der Waals surface area contributed by atoms with Crippen molar-refractivity contribution < 1.29 is 0 Å². The Kier molecular flexibility index (Phi) is 5.31. The molecule has 1 atom stereocenters. The van der Waals surface area contributed by atoms with Gasteiger partial charge in [0.05, 0.1) is 5.52 Å². The highest BCUT2D eigenvalue weighted by Gasteiger charge is 2.14. The van der Waals surface area contributed by atoms with Crippen molar-refractivity contribution in [1.82, 2.24) is 10.3 Å². The van der Waals surface area contributed by atoms with Crippen LogP contribution in [-0.4, -0.2) is 11.5 Å². The SMILES string of the molecule is C=C(CC)CC(NCCC)c1cccc2ncccc12. The van der Waals surface area contributed by atoms with E-state index in [1.54, 1.807) is 0 Å². The zero-order chi connectivity index (χ0) is 14.4. The molecule has 2 aromatic rings. The molecule has 20 heavy (non-hydrogen) atoms. The molecule has 0 radical (unpaired) electrons. The van der Waals surface area contributed by atoms with Crippen molar-refractivity contribution >= 4 is 10.9 Å². The van der Waals surface area contributed by atoms with Crippen molar-refractivity contribution in [2.45, 2.75) is 39.2 Å². The van der Waals surface area contributed by atoms with E-state index < -0.39 is 0 Å². The van der Waals surface area contributed by atoms with Crippen LogP contribution in [0.3, 0.4) is 0 Å². The van der Waals surface area contributed by atoms with Crippen LogP contribution in [0.5, 0.6) is 0 Å². The second-order valence-corrected chi connectivity index (χ2v) is 5.23. The zero-order valence-corrected chi connectivity index (χ0v) is 12.5. The van der Waals surface area contributed by atoms with E-state index in [-0.39, 0.29) is 0 Å². The van der Waals surface area contributed by atoms with E-state index in [0.717, 1.165) is 31.3 Å². The first-order valence-electron chi connectivity index (χ1n) is 7.50. The summed E-state index contributed by atoms with van der Waals surface area (Å²) < 4.78 is 0. The number of aromatic nitrogens is 1. The Hall–Kier alpha value is -1.67. The Morgan fingerprint density at radius 3 is 2.85 bits per heavy atom. The maximum absolute atomic E-state index is 4.45. The number of rotatable bonds is 7. The van der Waals surface area contributed by atoms with E-state index in [2.05, 4.69) is 55.0 Å². The highest BCUT2D eigenvalue weighted by Crippen LogP contribution is 2.27. The number of benzene rings is 1. The first-order chi connectivity index (χ1) is 9.76. The molecule has 0 bridgehead atoms. The first kappa shape index (κ1) is 14.7. The van der Waals surface area contributed by atoms with Crippen molar-refractivity contribution in [3.8, 4) is 0 Å². The van der Waals surface area contributed by atoms with Gasteiger partial charge in [-0.25, -0.2) is 0 Å². The maximum Gasteiger partial charge on any atom is 0.0705 e. The highest BCUT2D eigenvalue weighted by atomic mass is 14.9. The van der Waals surface area contributed by atoms with Gasteiger partial charge in [-0.3, -0.25) is 4.98 Å². The Morgan fingerprint density at radius 2 is 2.10 bits per heavy atom. The number of pyridine rings is 1. The summed E-state index contributed by atoms with van der Waals surface area (Å²) in [5.74, 6) is 0. The number of nitrogens with zero attached hydrogens (tertiary/aromatic N) is 1. The molecule has 0 aliphatic carbocycles. The zero-order valence-electron chi connectivity index (χ0n) is 12.5. The molecule has 2 nitrogen and oxygen atoms in total. The van der Waals surface area contributed by atoms with Crippen LogP contribution in [0.15, 0.2) is 48.7 Å². The molecule has 0 aliphatic rings. The van der Waals surface area contributed by atoms with Gasteiger partial charge < -0.3 is 5.32 Å². The lowest BCUT2D eigenvalue weighted by molar-refractivity contribution is 0.526. The van der Waals surface area contributed by atoms with Crippen LogP contribution in [0.1, 0.15) is 44.7 Å². The second-order valence-electron chi connectivity index (χ2n) is 5.23. The van der Waals surface area contributed by atoms with Crippen molar-refractivity contribution in [2.24, 2.45) is 0 Å². The fraction of sp³-hybridized carbons (Fsp3) is 0.389. The molecule has 0 saturated carbocycles. The summed E-state index contributed by atoms with van der Waals surface area (Å²) >= 11 is 0. The Morgan fingerprint density at radius 1 is 1.25 bits per heavy atom. The molecule has 106 valence electrons. The van der Waals surface area contributed by atoms with Gasteiger partial charge in [-0.05, 0) is 43.5 Å². The third-order valence-electron chi connectivity index (χ3n) is 3.69. The van der Waals surface area contributed by atoms with Gasteiger partial charge in [0.1, 0.15) is 0 Å². The fourth-order valence-corrected chi connectivity index (χ4v) is 2.47. The van der Waals surface area contributed by atoms with Crippen LogP contribution in [-0.2, 0) is 0 Å². The molecule has 2 heteroatoms. The van der Waals surface area contributed by atoms with Crippen LogP contribution in [0, 0.1) is 0 Å². The summed E-state index contributed by atoms with van der Waals surface area (Å²) in [6.07, 6.45) is 5.02. The van der Waals surface area contributed by atoms with Gasteiger partial charge in [-0.2, -0.15) is 0 Å². The van der Waals surface area contributed by atoms with Crippen LogP contribution < -0.4 is 5.32 Å². The minimum Gasteiger partial charge on any atom is -0.310 e. The third kappa shape index (κ3) is 3.45. The molecule has 1 unspecified atom stereocenters. The fourth-order valence-electron chi connectivity index (χ4n) is 2.47. The molecule has 0 saturated heterocycles. The van der Waals surface area contributed by atoms with Crippen LogP contribution in [0.2, 0.25) is 0 Å². The van der Waals surface area contributed by atoms with Gasteiger partial charge in [0.25, 0.3) is 0 Å². The Labute approximate surface area is 121 Å². The molecule has 2 rings (SSSR count). The monoisotopic (exact) mass is 268 g/mol. The predicted molar refractivity (Wildman–Crippen MR) is 86.8 cm³/mol. The van der Waals surface area contributed by atoms with E-state index in [9.17, 15) is 0 Å². The molecule has 0 fully saturated rings. The van der Waals surface area contributed by atoms with E-state index in [1.165, 1.54) is 16.5 Å². The van der Waals surface area contributed by atoms with Gasteiger partial charge in [0.2, 0.25) is 0 Å². The van der Waals surface area contributed by atoms with Crippen LogP contribution >= 0.6 is 0 Å². The van der Waals surface area contributed by atoms with Crippen LogP contribution in [0.25, 0.3) is 10.9 Å². The van der Waals surface area contributed by atoms with E-state index in [4.69, 9.17) is 0 Å². The lowest BCUT2D eigenvalue weighted by atomic mass is 9.95. The van der Waals surface area contributed by atoms with Gasteiger partial charge >= 0.3 is 0 Å². The minimum absolute atomic E-state index is 0.329. The highest BCUT2D eigenvalue weighted by molar-refractivity contribution is 5.82. The molecule has 0 spiro atoms. The third-order valence-corrected chi connectivity index (χ3v) is 3.69. The molecular weight excluding hydrogens is 244 g/mol. The number of hydrogen-bond donors (Lipinski definition) is 1. The number of hydrogen-bond acceptors (Lipinski definition) is 2. The molecule has 0 amide bonds. The van der Waals surface area contributed by atoms with Gasteiger partial charge in [-0.1, -0.05) is 44.2 Å². The quantitative estimate of drug-likeness (QED) is 0.740. The average molecular weight is 268 g/mol. The van der Waals surface area contributed by atoms with Crippen molar-refractivity contribution in [1.29, 1.82) is 0 Å². The van der Waals surface area contributed by atoms with Gasteiger partial charge in [0.15, 0.2) is 0 Å². The summed E-state index contributed by atoms with van der Waals surface area (Å²) in [4.78, 5) is 4.45. The summed E-state index contributed by atoms with van der Waals surface area (Å²) in [7, 11) is 0. The molecule has 0 aliphatic heterocycles. The normalized spacial score (nSPS) is 12.5. The summed E-state index contributed by atoms with van der Waals surface area (Å²) in [5.41, 5.74) is 3.69. The van der Waals surface area contributed by atoms with E-state index in [1.807, 2.05) is 12.3 Å². The summed E-state index contributed by atoms with van der Waals surface area (Å²) in [5, 5.41) is 4.90. The van der Waals surface area contributed by atoms with Gasteiger partial charge in [-0.15, -0.1) is 0 Å². The minimum atomic E-state index is 0.329. The summed E-state index contributed by atoms with van der Waals surface area (Å²) in [6, 6.07) is 10.9. The molecule has 1 aromatic heterocycles. The smallest absolute Gasteiger partial charge is 0.0705 e. The van der Waals surface area contributed by atoms with Crippen molar-refractivity contribution in [2.75, 3.05) is 6.54 Å². The Balaban J connectivity index is 2.36. The van der Waals surface area contributed by atoms with Crippen molar-refractivity contribution in [3.05, 3.63) is 54.2 Å². The molecule has 1 aromatic carbocycles. The van der Waals surface area contributed by atoms with Crippen molar-refractivity contribution in [3.63, 3.8) is 0 Å². The number of fused-ring (bicyclic) bond motifs is 1. The second kappa shape index (κ2) is 7.20. The van der Waals surface area contributed by atoms with E-state index >= 15 is 0 Å². The molecule has 1 heterocycles. The summed E-state index contributed by atoms with van der Waals surface area (Å²) in [6.45, 7) is 9.57. The number of nitrogens with one attached hydrogen (secondary N) is 1. The first-order valence-corrected chi connectivity index (χ1v) is 7.50. The Bertz CT molecular complexity index is 569. The van der Waals surface area contributed by atoms with Gasteiger partial charge in [0, 0.05) is 17.6 Å². The molecular formula is C18H24N2. The topological polar surface area (TPSA) is 24.9 Å². The van der Waals surface area contributed by atoms with Crippen LogP contribution in [0.4, 0.5) is 0 Å². The predicted octanol–water partition coefficient (Wildman–Crippen LogP) is 4.63. The lowest BCUT2D eigenvalue weighted by Gasteiger charge is -2.21.